The number of aromatic carboxylic acids is 1. The lowest BCUT2D eigenvalue weighted by atomic mass is 9.96. The number of nitrogens with zero attached hydrogens (tertiary/aromatic N) is 3. The highest BCUT2D eigenvalue weighted by Crippen LogP contribution is 2.32. The van der Waals surface area contributed by atoms with Gasteiger partial charge in [0.15, 0.2) is 5.69 Å². The maximum atomic E-state index is 15.0. The average Bonchev–Trinajstić information content (AvgIpc) is 3.57. The van der Waals surface area contributed by atoms with E-state index in [0.717, 1.165) is 40.0 Å². The first kappa shape index (κ1) is 26.4. The number of hydrogen-bond acceptors (Lipinski definition) is 6. The van der Waals surface area contributed by atoms with Crippen LogP contribution in [0.25, 0.3) is 27.5 Å². The minimum absolute atomic E-state index is 0.00337. The Balaban J connectivity index is 1.60. The summed E-state index contributed by atoms with van der Waals surface area (Å²) >= 11 is 1.13. The topological polar surface area (TPSA) is 128 Å². The Hall–Kier alpha value is -4.19. The predicted molar refractivity (Wildman–Crippen MR) is 147 cm³/mol. The number of sulfonamides is 1. The molecule has 5 rings (SSSR count). The van der Waals surface area contributed by atoms with Crippen LogP contribution in [-0.2, 0) is 22.9 Å². The zero-order valence-corrected chi connectivity index (χ0v) is 22.3. The molecule has 39 heavy (non-hydrogen) atoms. The molecule has 11 heteroatoms. The van der Waals surface area contributed by atoms with E-state index in [-0.39, 0.29) is 16.4 Å². The van der Waals surface area contributed by atoms with Crippen LogP contribution in [0.5, 0.6) is 0 Å². The first-order valence-corrected chi connectivity index (χ1v) is 14.3. The van der Waals surface area contributed by atoms with E-state index in [1.165, 1.54) is 28.3 Å². The lowest BCUT2D eigenvalue weighted by Crippen LogP contribution is -2.11. The molecule has 0 amide bonds. The fourth-order valence-corrected chi connectivity index (χ4v) is 5.46. The number of carboxylic acids is 1. The van der Waals surface area contributed by atoms with Gasteiger partial charge in [-0.05, 0) is 53.4 Å². The van der Waals surface area contributed by atoms with Crippen LogP contribution in [0.15, 0.2) is 83.2 Å². The molecule has 3 N–H and O–H groups in total. The molecule has 8 nitrogen and oxygen atoms in total. The minimum atomic E-state index is -3.83. The summed E-state index contributed by atoms with van der Waals surface area (Å²) in [5.41, 5.74) is 4.96. The van der Waals surface area contributed by atoms with Gasteiger partial charge < -0.3 is 5.11 Å². The van der Waals surface area contributed by atoms with Crippen LogP contribution in [0.2, 0.25) is 0 Å². The van der Waals surface area contributed by atoms with Gasteiger partial charge >= 0.3 is 5.97 Å². The monoisotopic (exact) mass is 562 g/mol. The third-order valence-electron chi connectivity index (χ3n) is 6.23. The van der Waals surface area contributed by atoms with Crippen LogP contribution in [-0.4, -0.2) is 34.3 Å². The summed E-state index contributed by atoms with van der Waals surface area (Å²) < 4.78 is 39.8. The molecule has 0 aliphatic carbocycles. The maximum Gasteiger partial charge on any atom is 0.355 e. The van der Waals surface area contributed by atoms with Gasteiger partial charge in [-0.15, -0.1) is 11.3 Å². The second-order valence-corrected chi connectivity index (χ2v) is 11.3. The number of thiazole rings is 1. The van der Waals surface area contributed by atoms with Gasteiger partial charge in [0.1, 0.15) is 5.82 Å². The van der Waals surface area contributed by atoms with Gasteiger partial charge in [-0.1, -0.05) is 43.3 Å². The molecule has 0 aliphatic rings. The molecule has 0 bridgehead atoms. The summed E-state index contributed by atoms with van der Waals surface area (Å²) in [5.74, 6) is -1.50. The largest absolute Gasteiger partial charge is 0.476 e. The molecule has 0 aliphatic heterocycles. The molecular formula is C28H23FN4O4S2. The lowest BCUT2D eigenvalue weighted by molar-refractivity contribution is 0.0691. The van der Waals surface area contributed by atoms with Gasteiger partial charge in [0.05, 0.1) is 10.6 Å². The molecule has 0 atom stereocenters. The number of aryl methyl sites for hydroxylation is 1. The second-order valence-electron chi connectivity index (χ2n) is 8.88. The number of aromatic nitrogens is 3. The predicted octanol–water partition coefficient (Wildman–Crippen LogP) is 5.30. The Kier molecular flexibility index (Phi) is 7.13. The van der Waals surface area contributed by atoms with E-state index < -0.39 is 16.0 Å². The first-order chi connectivity index (χ1) is 18.6. The smallest absolute Gasteiger partial charge is 0.355 e. The van der Waals surface area contributed by atoms with Crippen molar-refractivity contribution in [1.82, 2.24) is 14.8 Å². The van der Waals surface area contributed by atoms with Crippen molar-refractivity contribution in [2.75, 3.05) is 0 Å². The SMILES string of the molecule is CCc1cccc(-c2cc(-c3nn(-c4nc(C(=O)O)cs4)cc3Cc3ccc(S(N)(=O)=O)cc3)ccc2F)c1. The Morgan fingerprint density at radius 1 is 1.05 bits per heavy atom. The van der Waals surface area contributed by atoms with Crippen molar-refractivity contribution >= 4 is 27.3 Å². The maximum absolute atomic E-state index is 15.0. The van der Waals surface area contributed by atoms with Gasteiger partial charge in [0.25, 0.3) is 0 Å². The van der Waals surface area contributed by atoms with Gasteiger partial charge in [-0.3, -0.25) is 0 Å². The molecule has 0 radical (unpaired) electrons. The number of halogens is 1. The molecule has 0 saturated heterocycles. The second kappa shape index (κ2) is 10.5. The van der Waals surface area contributed by atoms with Crippen LogP contribution < -0.4 is 5.14 Å². The molecular weight excluding hydrogens is 539 g/mol. The molecule has 0 unspecified atom stereocenters. The molecule has 2 heterocycles. The van der Waals surface area contributed by atoms with E-state index in [9.17, 15) is 22.7 Å². The zero-order valence-electron chi connectivity index (χ0n) is 20.7. The third kappa shape index (κ3) is 5.65. The highest BCUT2D eigenvalue weighted by atomic mass is 32.2. The third-order valence-corrected chi connectivity index (χ3v) is 7.99. The van der Waals surface area contributed by atoms with Crippen molar-refractivity contribution in [2.45, 2.75) is 24.7 Å². The summed E-state index contributed by atoms with van der Waals surface area (Å²) in [6.45, 7) is 2.04. The van der Waals surface area contributed by atoms with Crippen molar-refractivity contribution in [3.05, 3.63) is 107 Å². The fourth-order valence-electron chi connectivity index (χ4n) is 4.22. The van der Waals surface area contributed by atoms with Crippen molar-refractivity contribution < 1.29 is 22.7 Å². The van der Waals surface area contributed by atoms with Gasteiger partial charge in [-0.2, -0.15) is 5.10 Å². The van der Waals surface area contributed by atoms with Crippen molar-refractivity contribution in [3.63, 3.8) is 0 Å². The Bertz CT molecular complexity index is 1790. The Labute approximate surface area is 228 Å². The van der Waals surface area contributed by atoms with Gasteiger partial charge in [-0.25, -0.2) is 32.4 Å². The van der Waals surface area contributed by atoms with Crippen LogP contribution in [0.3, 0.4) is 0 Å². The quantitative estimate of drug-likeness (QED) is 0.264. The van der Waals surface area contributed by atoms with E-state index in [2.05, 4.69) is 4.98 Å². The van der Waals surface area contributed by atoms with E-state index >= 15 is 0 Å². The molecule has 5 aromatic rings. The standard InChI is InChI=1S/C28H23FN4O4S2/c1-2-17-4-3-5-19(12-17)23-14-20(8-11-24(23)29)26-21(13-18-6-9-22(10-7-18)39(30,36)37)15-33(32-26)28-31-25(16-38-28)27(34)35/h3-12,14-16H,2,13H2,1H3,(H,34,35)(H2,30,36,37). The first-order valence-electron chi connectivity index (χ1n) is 11.9. The van der Waals surface area contributed by atoms with Gasteiger partial charge in [0, 0.05) is 34.7 Å². The van der Waals surface area contributed by atoms with Crippen LogP contribution in [0, 0.1) is 5.82 Å². The highest BCUT2D eigenvalue weighted by Gasteiger charge is 2.18. The minimum Gasteiger partial charge on any atom is -0.476 e. The molecule has 2 aromatic heterocycles. The molecule has 3 aromatic carbocycles. The van der Waals surface area contributed by atoms with E-state index in [1.54, 1.807) is 30.5 Å². The van der Waals surface area contributed by atoms with E-state index in [0.29, 0.717) is 28.4 Å². The molecule has 0 spiro atoms. The number of hydrogen-bond donors (Lipinski definition) is 2. The molecule has 198 valence electrons. The van der Waals surface area contributed by atoms with Crippen LogP contribution in [0.4, 0.5) is 4.39 Å². The number of carboxylic acid groups (broad SMARTS) is 1. The summed E-state index contributed by atoms with van der Waals surface area (Å²) in [6, 6.07) is 18.7. The van der Waals surface area contributed by atoms with Crippen molar-refractivity contribution in [2.24, 2.45) is 5.14 Å². The van der Waals surface area contributed by atoms with Crippen LogP contribution >= 0.6 is 11.3 Å². The highest BCUT2D eigenvalue weighted by molar-refractivity contribution is 7.89. The van der Waals surface area contributed by atoms with E-state index in [1.807, 2.05) is 31.2 Å². The number of nitrogens with two attached hydrogens (primary N) is 1. The number of carbonyl (C=O) groups is 1. The number of rotatable bonds is 8. The summed E-state index contributed by atoms with van der Waals surface area (Å²) in [5, 5.41) is 21.0. The van der Waals surface area contributed by atoms with Crippen molar-refractivity contribution in [1.29, 1.82) is 0 Å². The summed E-state index contributed by atoms with van der Waals surface area (Å²) in [7, 11) is -3.83. The fraction of sp³-hybridized carbons (Fsp3) is 0.107. The lowest BCUT2D eigenvalue weighted by Gasteiger charge is -2.09. The summed E-state index contributed by atoms with van der Waals surface area (Å²) in [6.07, 6.45) is 2.93. The normalized spacial score (nSPS) is 11.6. The van der Waals surface area contributed by atoms with Gasteiger partial charge in [0.2, 0.25) is 15.2 Å². The Morgan fingerprint density at radius 2 is 1.82 bits per heavy atom. The van der Waals surface area contributed by atoms with Crippen LogP contribution in [0.1, 0.15) is 34.1 Å². The zero-order chi connectivity index (χ0) is 27.7. The summed E-state index contributed by atoms with van der Waals surface area (Å²) in [4.78, 5) is 15.5. The van der Waals surface area contributed by atoms with Crippen molar-refractivity contribution in [3.8, 4) is 27.5 Å². The molecule has 0 fully saturated rings. The number of primary sulfonamides is 1. The Morgan fingerprint density at radius 3 is 2.49 bits per heavy atom. The average molecular weight is 563 g/mol. The number of benzene rings is 3. The van der Waals surface area contributed by atoms with E-state index in [4.69, 9.17) is 10.2 Å². The molecule has 0 saturated carbocycles.